The molecule has 2 aromatic carbocycles. The summed E-state index contributed by atoms with van der Waals surface area (Å²) in [6, 6.07) is 15.8. The van der Waals surface area contributed by atoms with Crippen LogP contribution in [-0.4, -0.2) is 11.0 Å². The molecule has 0 radical (unpaired) electrons. The fourth-order valence-corrected chi connectivity index (χ4v) is 2.38. The van der Waals surface area contributed by atoms with Crippen molar-refractivity contribution in [2.75, 3.05) is 0 Å². The third-order valence-electron chi connectivity index (χ3n) is 3.64. The van der Waals surface area contributed by atoms with Gasteiger partial charge in [0.15, 0.2) is 0 Å². The van der Waals surface area contributed by atoms with E-state index >= 15 is 0 Å². The van der Waals surface area contributed by atoms with Gasteiger partial charge in [-0.1, -0.05) is 42.5 Å². The van der Waals surface area contributed by atoms with E-state index in [0.717, 1.165) is 17.5 Å². The molecule has 0 aliphatic carbocycles. The SMILES string of the molecule is Cc1c(CNC(C)Cc2ccccc2)cccc1[N+](=O)[O-]. The molecule has 0 aromatic heterocycles. The van der Waals surface area contributed by atoms with Crippen molar-refractivity contribution in [3.63, 3.8) is 0 Å². The van der Waals surface area contributed by atoms with Gasteiger partial charge in [-0.3, -0.25) is 10.1 Å². The summed E-state index contributed by atoms with van der Waals surface area (Å²) in [4.78, 5) is 10.6. The van der Waals surface area contributed by atoms with E-state index in [-0.39, 0.29) is 10.6 Å². The largest absolute Gasteiger partial charge is 0.310 e. The standard InChI is InChI=1S/C17H20N2O2/c1-13(11-15-7-4-3-5-8-15)18-12-16-9-6-10-17(14(16)2)19(20)21/h3-10,13,18H,11-12H2,1-2H3. The third kappa shape index (κ3) is 4.13. The summed E-state index contributed by atoms with van der Waals surface area (Å²) in [6.45, 7) is 4.57. The first-order chi connectivity index (χ1) is 10.1. The lowest BCUT2D eigenvalue weighted by Gasteiger charge is -2.15. The number of nitro benzene ring substituents is 1. The Balaban J connectivity index is 1.97. The van der Waals surface area contributed by atoms with Gasteiger partial charge in [0.1, 0.15) is 0 Å². The van der Waals surface area contributed by atoms with E-state index in [0.29, 0.717) is 12.6 Å². The van der Waals surface area contributed by atoms with E-state index in [1.807, 2.05) is 24.3 Å². The van der Waals surface area contributed by atoms with Crippen molar-refractivity contribution in [2.24, 2.45) is 0 Å². The quantitative estimate of drug-likeness (QED) is 0.651. The van der Waals surface area contributed by atoms with Gasteiger partial charge in [0.2, 0.25) is 0 Å². The molecule has 4 nitrogen and oxygen atoms in total. The van der Waals surface area contributed by atoms with Crippen molar-refractivity contribution in [1.82, 2.24) is 5.32 Å². The average Bonchev–Trinajstić information content (AvgIpc) is 2.47. The molecule has 4 heteroatoms. The second-order valence-corrected chi connectivity index (χ2v) is 5.29. The van der Waals surface area contributed by atoms with E-state index in [2.05, 4.69) is 24.4 Å². The number of nitro groups is 1. The predicted octanol–water partition coefficient (Wildman–Crippen LogP) is 3.62. The van der Waals surface area contributed by atoms with Crippen LogP contribution in [0.15, 0.2) is 48.5 Å². The molecule has 2 aromatic rings. The first-order valence-electron chi connectivity index (χ1n) is 7.08. The average molecular weight is 284 g/mol. The Bertz CT molecular complexity index is 611. The van der Waals surface area contributed by atoms with Crippen LogP contribution in [0.2, 0.25) is 0 Å². The maximum atomic E-state index is 10.9. The molecular weight excluding hydrogens is 264 g/mol. The van der Waals surface area contributed by atoms with Gasteiger partial charge in [0, 0.05) is 24.2 Å². The fraction of sp³-hybridized carbons (Fsp3) is 0.294. The van der Waals surface area contributed by atoms with Crippen molar-refractivity contribution in [3.05, 3.63) is 75.3 Å². The van der Waals surface area contributed by atoms with E-state index < -0.39 is 0 Å². The number of rotatable bonds is 6. The van der Waals surface area contributed by atoms with Crippen molar-refractivity contribution in [3.8, 4) is 0 Å². The van der Waals surface area contributed by atoms with E-state index in [1.165, 1.54) is 5.56 Å². The van der Waals surface area contributed by atoms with Gasteiger partial charge in [-0.2, -0.15) is 0 Å². The van der Waals surface area contributed by atoms with Crippen LogP contribution in [0.1, 0.15) is 23.6 Å². The second-order valence-electron chi connectivity index (χ2n) is 5.29. The predicted molar refractivity (Wildman–Crippen MR) is 84.3 cm³/mol. The molecule has 21 heavy (non-hydrogen) atoms. The van der Waals surface area contributed by atoms with Crippen molar-refractivity contribution in [2.45, 2.75) is 32.9 Å². The number of nitrogens with one attached hydrogen (secondary N) is 1. The number of nitrogens with zero attached hydrogens (tertiary/aromatic N) is 1. The van der Waals surface area contributed by atoms with Gasteiger partial charge in [-0.25, -0.2) is 0 Å². The molecule has 0 amide bonds. The molecule has 1 N–H and O–H groups in total. The Morgan fingerprint density at radius 3 is 2.52 bits per heavy atom. The molecule has 0 saturated carbocycles. The molecule has 0 aliphatic rings. The van der Waals surface area contributed by atoms with Crippen LogP contribution >= 0.6 is 0 Å². The van der Waals surface area contributed by atoms with Crippen LogP contribution in [0.25, 0.3) is 0 Å². The lowest BCUT2D eigenvalue weighted by molar-refractivity contribution is -0.385. The van der Waals surface area contributed by atoms with Crippen molar-refractivity contribution in [1.29, 1.82) is 0 Å². The van der Waals surface area contributed by atoms with Crippen molar-refractivity contribution >= 4 is 5.69 Å². The maximum absolute atomic E-state index is 10.9. The van der Waals surface area contributed by atoms with E-state index in [1.54, 1.807) is 19.1 Å². The molecule has 0 fully saturated rings. The first kappa shape index (κ1) is 15.2. The number of hydrogen-bond acceptors (Lipinski definition) is 3. The summed E-state index contributed by atoms with van der Waals surface area (Å²) in [7, 11) is 0. The van der Waals surface area contributed by atoms with Gasteiger partial charge < -0.3 is 5.32 Å². The highest BCUT2D eigenvalue weighted by Gasteiger charge is 2.13. The third-order valence-corrected chi connectivity index (χ3v) is 3.64. The lowest BCUT2D eigenvalue weighted by Crippen LogP contribution is -2.27. The summed E-state index contributed by atoms with van der Waals surface area (Å²) >= 11 is 0. The highest BCUT2D eigenvalue weighted by atomic mass is 16.6. The highest BCUT2D eigenvalue weighted by molar-refractivity contribution is 5.44. The van der Waals surface area contributed by atoms with Gasteiger partial charge >= 0.3 is 0 Å². The smallest absolute Gasteiger partial charge is 0.272 e. The van der Waals surface area contributed by atoms with E-state index in [4.69, 9.17) is 0 Å². The summed E-state index contributed by atoms with van der Waals surface area (Å²) in [5.74, 6) is 0. The topological polar surface area (TPSA) is 55.2 Å². The molecule has 1 unspecified atom stereocenters. The summed E-state index contributed by atoms with van der Waals surface area (Å²) in [6.07, 6.45) is 0.939. The zero-order valence-corrected chi connectivity index (χ0v) is 12.4. The monoisotopic (exact) mass is 284 g/mol. The molecule has 0 saturated heterocycles. The second kappa shape index (κ2) is 6.99. The lowest BCUT2D eigenvalue weighted by atomic mass is 10.0. The molecule has 110 valence electrons. The molecular formula is C17H20N2O2. The Morgan fingerprint density at radius 1 is 1.14 bits per heavy atom. The van der Waals surface area contributed by atoms with Crippen LogP contribution < -0.4 is 5.32 Å². The summed E-state index contributed by atoms with van der Waals surface area (Å²) in [5.41, 5.74) is 3.18. The van der Waals surface area contributed by atoms with Gasteiger partial charge in [0.25, 0.3) is 5.69 Å². The number of benzene rings is 2. The molecule has 2 rings (SSSR count). The molecule has 0 spiro atoms. The minimum absolute atomic E-state index is 0.185. The fourth-order valence-electron chi connectivity index (χ4n) is 2.38. The zero-order chi connectivity index (χ0) is 15.2. The van der Waals surface area contributed by atoms with Crippen LogP contribution in [0.3, 0.4) is 0 Å². The normalized spacial score (nSPS) is 12.1. The molecule has 0 bridgehead atoms. The van der Waals surface area contributed by atoms with Crippen molar-refractivity contribution < 1.29 is 4.92 Å². The zero-order valence-electron chi connectivity index (χ0n) is 12.4. The number of hydrogen-bond donors (Lipinski definition) is 1. The van der Waals surface area contributed by atoms with E-state index in [9.17, 15) is 10.1 Å². The highest BCUT2D eigenvalue weighted by Crippen LogP contribution is 2.21. The molecule has 0 aliphatic heterocycles. The molecule has 0 heterocycles. The van der Waals surface area contributed by atoms with Crippen LogP contribution in [0.4, 0.5) is 5.69 Å². The van der Waals surface area contributed by atoms with Gasteiger partial charge in [-0.05, 0) is 31.4 Å². The molecule has 1 atom stereocenters. The minimum atomic E-state index is -0.327. The minimum Gasteiger partial charge on any atom is -0.310 e. The first-order valence-corrected chi connectivity index (χ1v) is 7.08. The maximum Gasteiger partial charge on any atom is 0.272 e. The van der Waals surface area contributed by atoms with Crippen LogP contribution in [0.5, 0.6) is 0 Å². The van der Waals surface area contributed by atoms with Crippen LogP contribution in [0, 0.1) is 17.0 Å². The summed E-state index contributed by atoms with van der Waals surface area (Å²) in [5, 5.41) is 14.4. The summed E-state index contributed by atoms with van der Waals surface area (Å²) < 4.78 is 0. The Hall–Kier alpha value is -2.20. The van der Waals surface area contributed by atoms with Gasteiger partial charge in [-0.15, -0.1) is 0 Å². The Labute approximate surface area is 125 Å². The Kier molecular flexibility index (Phi) is 5.06. The van der Waals surface area contributed by atoms with Gasteiger partial charge in [0.05, 0.1) is 4.92 Å². The Morgan fingerprint density at radius 2 is 1.86 bits per heavy atom. The van der Waals surface area contributed by atoms with Crippen LogP contribution in [-0.2, 0) is 13.0 Å².